The van der Waals surface area contributed by atoms with Crippen molar-refractivity contribution in [2.24, 2.45) is 5.73 Å². The Morgan fingerprint density at radius 2 is 2.06 bits per heavy atom. The van der Waals surface area contributed by atoms with Crippen LogP contribution in [-0.4, -0.2) is 32.0 Å². The van der Waals surface area contributed by atoms with Gasteiger partial charge in [0.05, 0.1) is 5.60 Å². The first-order valence-electron chi connectivity index (χ1n) is 6.30. The average molecular weight is 253 g/mol. The van der Waals surface area contributed by atoms with Crippen LogP contribution in [0.5, 0.6) is 0 Å². The first kappa shape index (κ1) is 13.5. The number of ether oxygens (including phenoxy) is 2. The molecule has 0 bridgehead atoms. The van der Waals surface area contributed by atoms with Crippen LogP contribution in [0.3, 0.4) is 0 Å². The second-order valence-corrected chi connectivity index (χ2v) is 4.78. The molecule has 1 aromatic carbocycles. The number of methoxy groups -OCH3 is 1. The summed E-state index contributed by atoms with van der Waals surface area (Å²) in [7, 11) is 1.67. The largest absolute Gasteiger partial charge is 0.381 e. The Kier molecular flexibility index (Phi) is 4.32. The maximum atomic E-state index is 13.6. The minimum atomic E-state index is -0.388. The number of halogens is 1. The van der Waals surface area contributed by atoms with Crippen molar-refractivity contribution >= 4 is 0 Å². The molecule has 4 heteroatoms. The lowest BCUT2D eigenvalue weighted by Gasteiger charge is -2.40. The highest BCUT2D eigenvalue weighted by atomic mass is 19.1. The zero-order valence-corrected chi connectivity index (χ0v) is 10.7. The van der Waals surface area contributed by atoms with Crippen LogP contribution in [0, 0.1) is 5.82 Å². The lowest BCUT2D eigenvalue weighted by molar-refractivity contribution is -0.103. The Balaban J connectivity index is 2.10. The van der Waals surface area contributed by atoms with Gasteiger partial charge in [0.25, 0.3) is 0 Å². The Hall–Kier alpha value is -0.970. The molecule has 1 heterocycles. The predicted molar refractivity (Wildman–Crippen MR) is 67.9 cm³/mol. The second-order valence-electron chi connectivity index (χ2n) is 4.78. The van der Waals surface area contributed by atoms with Gasteiger partial charge in [-0.15, -0.1) is 0 Å². The Morgan fingerprint density at radius 1 is 1.39 bits per heavy atom. The molecule has 1 aliphatic heterocycles. The van der Waals surface area contributed by atoms with Crippen molar-refractivity contribution in [1.82, 2.24) is 0 Å². The van der Waals surface area contributed by atoms with Crippen molar-refractivity contribution < 1.29 is 13.9 Å². The molecular formula is C14H20FNO2. The fourth-order valence-corrected chi connectivity index (χ4v) is 2.53. The highest BCUT2D eigenvalue weighted by molar-refractivity contribution is 5.19. The summed E-state index contributed by atoms with van der Waals surface area (Å²) < 4.78 is 24.6. The van der Waals surface area contributed by atoms with E-state index in [0.717, 1.165) is 12.8 Å². The van der Waals surface area contributed by atoms with Crippen LogP contribution >= 0.6 is 0 Å². The van der Waals surface area contributed by atoms with Crippen LogP contribution in [0.1, 0.15) is 18.4 Å². The minimum Gasteiger partial charge on any atom is -0.381 e. The summed E-state index contributed by atoms with van der Waals surface area (Å²) in [6.45, 7) is 1.30. The third kappa shape index (κ3) is 2.71. The summed E-state index contributed by atoms with van der Waals surface area (Å²) in [6.07, 6.45) is 2.01. The van der Waals surface area contributed by atoms with Crippen LogP contribution in [-0.2, 0) is 15.9 Å². The maximum absolute atomic E-state index is 13.6. The van der Waals surface area contributed by atoms with Crippen LogP contribution in [0.15, 0.2) is 24.3 Å². The summed E-state index contributed by atoms with van der Waals surface area (Å²) in [4.78, 5) is 0. The fraction of sp³-hybridized carbons (Fsp3) is 0.571. The number of hydrogen-bond donors (Lipinski definition) is 1. The monoisotopic (exact) mass is 253 g/mol. The number of hydrogen-bond acceptors (Lipinski definition) is 3. The van der Waals surface area contributed by atoms with Gasteiger partial charge in [-0.3, -0.25) is 0 Å². The molecule has 0 radical (unpaired) electrons. The first-order valence-corrected chi connectivity index (χ1v) is 6.30. The normalized spacial score (nSPS) is 20.6. The van der Waals surface area contributed by atoms with Crippen LogP contribution < -0.4 is 5.73 Å². The van der Waals surface area contributed by atoms with E-state index in [2.05, 4.69) is 0 Å². The predicted octanol–water partition coefficient (Wildman–Crippen LogP) is 1.89. The van der Waals surface area contributed by atoms with E-state index < -0.39 is 0 Å². The van der Waals surface area contributed by atoms with E-state index in [0.29, 0.717) is 25.2 Å². The van der Waals surface area contributed by atoms with Gasteiger partial charge < -0.3 is 15.2 Å². The molecule has 0 saturated carbocycles. The second kappa shape index (κ2) is 5.78. The molecule has 3 nitrogen and oxygen atoms in total. The van der Waals surface area contributed by atoms with E-state index in [1.165, 1.54) is 6.07 Å². The lowest BCUT2D eigenvalue weighted by Crippen LogP contribution is -2.54. The van der Waals surface area contributed by atoms with Gasteiger partial charge in [-0.05, 0) is 18.1 Å². The zero-order valence-electron chi connectivity index (χ0n) is 10.7. The topological polar surface area (TPSA) is 44.5 Å². The molecule has 18 heavy (non-hydrogen) atoms. The molecule has 1 atom stereocenters. The fourth-order valence-electron chi connectivity index (χ4n) is 2.53. The smallest absolute Gasteiger partial charge is 0.126 e. The molecule has 1 unspecified atom stereocenters. The zero-order chi connectivity index (χ0) is 13.0. The summed E-state index contributed by atoms with van der Waals surface area (Å²) in [6, 6.07) is 6.53. The summed E-state index contributed by atoms with van der Waals surface area (Å²) in [5.74, 6) is -0.203. The summed E-state index contributed by atoms with van der Waals surface area (Å²) >= 11 is 0. The maximum Gasteiger partial charge on any atom is 0.126 e. The van der Waals surface area contributed by atoms with Crippen LogP contribution in [0.4, 0.5) is 4.39 Å². The van der Waals surface area contributed by atoms with E-state index in [1.54, 1.807) is 19.2 Å². The number of nitrogens with two attached hydrogens (primary N) is 1. The quantitative estimate of drug-likeness (QED) is 0.891. The molecular weight excluding hydrogens is 233 g/mol. The van der Waals surface area contributed by atoms with Gasteiger partial charge in [0.15, 0.2) is 0 Å². The average Bonchev–Trinajstić information content (AvgIpc) is 2.42. The highest BCUT2D eigenvalue weighted by Gasteiger charge is 2.38. The molecule has 1 aromatic rings. The van der Waals surface area contributed by atoms with E-state index in [1.807, 2.05) is 6.07 Å². The molecule has 1 fully saturated rings. The number of benzene rings is 1. The van der Waals surface area contributed by atoms with Gasteiger partial charge in [-0.1, -0.05) is 18.2 Å². The molecule has 1 saturated heterocycles. The molecule has 0 amide bonds. The van der Waals surface area contributed by atoms with Gasteiger partial charge in [-0.25, -0.2) is 4.39 Å². The van der Waals surface area contributed by atoms with Gasteiger partial charge >= 0.3 is 0 Å². The number of rotatable bonds is 4. The Morgan fingerprint density at radius 3 is 2.67 bits per heavy atom. The molecule has 1 aliphatic rings. The minimum absolute atomic E-state index is 0.203. The van der Waals surface area contributed by atoms with Crippen molar-refractivity contribution in [3.05, 3.63) is 35.6 Å². The van der Waals surface area contributed by atoms with Crippen LogP contribution in [0.25, 0.3) is 0 Å². The van der Waals surface area contributed by atoms with Crippen molar-refractivity contribution in [2.45, 2.75) is 30.9 Å². The van der Waals surface area contributed by atoms with Crippen molar-refractivity contribution in [1.29, 1.82) is 0 Å². The molecule has 100 valence electrons. The van der Waals surface area contributed by atoms with E-state index in [4.69, 9.17) is 15.2 Å². The summed E-state index contributed by atoms with van der Waals surface area (Å²) in [5, 5.41) is 0. The van der Waals surface area contributed by atoms with Crippen molar-refractivity contribution in [2.75, 3.05) is 20.3 Å². The third-order valence-electron chi connectivity index (χ3n) is 3.82. The summed E-state index contributed by atoms with van der Waals surface area (Å²) in [5.41, 5.74) is 6.51. The van der Waals surface area contributed by atoms with Gasteiger partial charge in [0, 0.05) is 39.2 Å². The lowest BCUT2D eigenvalue weighted by atomic mass is 9.83. The molecule has 2 N–H and O–H groups in total. The molecule has 2 rings (SSSR count). The molecule has 0 aromatic heterocycles. The van der Waals surface area contributed by atoms with Crippen molar-refractivity contribution in [3.8, 4) is 0 Å². The van der Waals surface area contributed by atoms with Crippen molar-refractivity contribution in [3.63, 3.8) is 0 Å². The van der Waals surface area contributed by atoms with E-state index in [9.17, 15) is 4.39 Å². The molecule has 0 spiro atoms. The third-order valence-corrected chi connectivity index (χ3v) is 3.82. The van der Waals surface area contributed by atoms with E-state index in [-0.39, 0.29) is 17.5 Å². The Bertz CT molecular complexity index is 391. The van der Waals surface area contributed by atoms with E-state index >= 15 is 0 Å². The molecule has 0 aliphatic carbocycles. The first-order chi connectivity index (χ1) is 8.68. The Labute approximate surface area is 107 Å². The van der Waals surface area contributed by atoms with Gasteiger partial charge in [0.2, 0.25) is 0 Å². The SMILES string of the molecule is COC1(C(N)Cc2ccccc2F)CCOCC1. The van der Waals surface area contributed by atoms with Crippen LogP contribution in [0.2, 0.25) is 0 Å². The van der Waals surface area contributed by atoms with Gasteiger partial charge in [0.1, 0.15) is 5.82 Å². The highest BCUT2D eigenvalue weighted by Crippen LogP contribution is 2.29. The standard InChI is InChI=1S/C14H20FNO2/c1-17-14(6-8-18-9-7-14)13(16)10-11-4-2-3-5-12(11)15/h2-5,13H,6-10,16H2,1H3. The van der Waals surface area contributed by atoms with Gasteiger partial charge in [-0.2, -0.15) is 0 Å².